The number of benzene rings is 8. The second kappa shape index (κ2) is 12.8. The first-order valence-corrected chi connectivity index (χ1v) is 20.1. The maximum Gasteiger partial charge on any atom is 0.160 e. The fraction of sp³-hybridized carbons (Fsp3) is 0.0545. The molecule has 2 heterocycles. The number of aromatic nitrogens is 2. The molecule has 1 aromatic heterocycles. The lowest BCUT2D eigenvalue weighted by Crippen LogP contribution is -2.37. The van der Waals surface area contributed by atoms with Gasteiger partial charge in [0.1, 0.15) is 11.5 Å². The molecule has 3 aliphatic rings. The SMILES string of the molecule is C1=CC2c3ccccc3C3(c4ccccc4Oc4c(-c5cccc(-c6cc(-c7ccc8c(ccc9ccccc98)c7)nc(-c7ccccc7)n6)c5)cccc43)C2C=C1. The molecular formula is C55H36N2O. The van der Waals surface area contributed by atoms with E-state index in [4.69, 9.17) is 14.7 Å². The van der Waals surface area contributed by atoms with Crippen LogP contribution in [0.15, 0.2) is 206 Å². The summed E-state index contributed by atoms with van der Waals surface area (Å²) in [7, 11) is 0. The molecule has 0 fully saturated rings. The molecule has 0 bridgehead atoms. The van der Waals surface area contributed by atoms with Crippen LogP contribution in [0.4, 0.5) is 0 Å². The highest BCUT2D eigenvalue weighted by atomic mass is 16.5. The van der Waals surface area contributed by atoms with Gasteiger partial charge in [0.15, 0.2) is 5.82 Å². The van der Waals surface area contributed by atoms with Gasteiger partial charge in [-0.2, -0.15) is 0 Å². The van der Waals surface area contributed by atoms with Gasteiger partial charge in [0, 0.05) is 45.2 Å². The van der Waals surface area contributed by atoms with Crippen LogP contribution in [0.5, 0.6) is 11.5 Å². The van der Waals surface area contributed by atoms with Gasteiger partial charge in [0.25, 0.3) is 0 Å². The van der Waals surface area contributed by atoms with Crippen LogP contribution in [0.2, 0.25) is 0 Å². The van der Waals surface area contributed by atoms with Gasteiger partial charge in [0.2, 0.25) is 0 Å². The molecule has 12 rings (SSSR count). The summed E-state index contributed by atoms with van der Waals surface area (Å²) in [5, 5.41) is 4.91. The van der Waals surface area contributed by atoms with Crippen LogP contribution in [0, 0.1) is 5.92 Å². The summed E-state index contributed by atoms with van der Waals surface area (Å²) >= 11 is 0. The van der Waals surface area contributed by atoms with Gasteiger partial charge < -0.3 is 4.74 Å². The monoisotopic (exact) mass is 740 g/mol. The molecule has 0 saturated carbocycles. The van der Waals surface area contributed by atoms with Crippen LogP contribution in [0.25, 0.3) is 66.6 Å². The molecule has 272 valence electrons. The molecule has 58 heavy (non-hydrogen) atoms. The zero-order valence-electron chi connectivity index (χ0n) is 31.6. The predicted molar refractivity (Wildman–Crippen MR) is 236 cm³/mol. The first kappa shape index (κ1) is 32.8. The van der Waals surface area contributed by atoms with Crippen molar-refractivity contribution in [2.75, 3.05) is 0 Å². The Labute approximate surface area is 337 Å². The Balaban J connectivity index is 1.02. The molecule has 3 heteroatoms. The summed E-state index contributed by atoms with van der Waals surface area (Å²) < 4.78 is 7.04. The third-order valence-corrected chi connectivity index (χ3v) is 12.6. The van der Waals surface area contributed by atoms with E-state index in [0.717, 1.165) is 50.7 Å². The average Bonchev–Trinajstić information content (AvgIpc) is 3.59. The van der Waals surface area contributed by atoms with Crippen molar-refractivity contribution in [1.29, 1.82) is 0 Å². The lowest BCUT2D eigenvalue weighted by molar-refractivity contribution is 0.375. The summed E-state index contributed by atoms with van der Waals surface area (Å²) in [6.07, 6.45) is 9.22. The van der Waals surface area contributed by atoms with Crippen LogP contribution in [0.3, 0.4) is 0 Å². The Hall–Kier alpha value is -7.36. The number of ether oxygens (including phenoxy) is 1. The topological polar surface area (TPSA) is 35.0 Å². The molecule has 0 radical (unpaired) electrons. The highest BCUT2D eigenvalue weighted by Crippen LogP contribution is 2.65. The van der Waals surface area contributed by atoms with Crippen LogP contribution in [0.1, 0.15) is 28.2 Å². The van der Waals surface area contributed by atoms with Crippen molar-refractivity contribution in [1.82, 2.24) is 9.97 Å². The second-order valence-corrected chi connectivity index (χ2v) is 15.6. The van der Waals surface area contributed by atoms with E-state index in [1.165, 1.54) is 43.8 Å². The van der Waals surface area contributed by atoms with Crippen molar-refractivity contribution >= 4 is 21.5 Å². The van der Waals surface area contributed by atoms with Crippen LogP contribution < -0.4 is 4.74 Å². The predicted octanol–water partition coefficient (Wildman–Crippen LogP) is 13.7. The highest BCUT2D eigenvalue weighted by molar-refractivity contribution is 6.08. The van der Waals surface area contributed by atoms with E-state index in [0.29, 0.717) is 5.82 Å². The van der Waals surface area contributed by atoms with Crippen molar-refractivity contribution in [2.24, 2.45) is 5.92 Å². The van der Waals surface area contributed by atoms with E-state index in [-0.39, 0.29) is 11.8 Å². The second-order valence-electron chi connectivity index (χ2n) is 15.6. The standard InChI is InChI=1S/C55H36N2O/c1-2-15-36(16-3-1)54-56-50(34-51(57-54)40-30-31-42-38(33-40)29-28-35-14-4-5-19-41(35)42)39-18-12-17-37(32-39)43-22-13-26-49-53(43)58-52-27-11-10-25-48(52)55(49)46-23-8-6-20-44(46)45-21-7-9-24-47(45)55/h1-34,44,46H. The Morgan fingerprint density at radius 3 is 2.03 bits per heavy atom. The molecule has 1 aliphatic heterocycles. The van der Waals surface area contributed by atoms with E-state index in [1.807, 2.05) is 18.2 Å². The Bertz CT molecular complexity index is 3180. The summed E-state index contributed by atoms with van der Waals surface area (Å²) in [6, 6.07) is 65.2. The minimum Gasteiger partial charge on any atom is -0.456 e. The van der Waals surface area contributed by atoms with Gasteiger partial charge in [-0.25, -0.2) is 9.97 Å². The van der Waals surface area contributed by atoms with E-state index >= 15 is 0 Å². The van der Waals surface area contributed by atoms with Crippen molar-refractivity contribution < 1.29 is 4.74 Å². The van der Waals surface area contributed by atoms with E-state index in [1.54, 1.807) is 0 Å². The fourth-order valence-electron chi connectivity index (χ4n) is 10.1. The van der Waals surface area contributed by atoms with Crippen LogP contribution in [-0.2, 0) is 5.41 Å². The third-order valence-electron chi connectivity index (χ3n) is 12.6. The Morgan fingerprint density at radius 1 is 0.448 bits per heavy atom. The quantitative estimate of drug-likeness (QED) is 0.169. The molecule has 3 atom stereocenters. The molecule has 3 nitrogen and oxygen atoms in total. The number of para-hydroxylation sites is 2. The zero-order valence-corrected chi connectivity index (χ0v) is 31.6. The summed E-state index contributed by atoms with van der Waals surface area (Å²) in [5.74, 6) is 3.01. The molecule has 8 aromatic carbocycles. The van der Waals surface area contributed by atoms with Gasteiger partial charge in [-0.15, -0.1) is 0 Å². The number of hydrogen-bond acceptors (Lipinski definition) is 3. The van der Waals surface area contributed by atoms with Crippen LogP contribution >= 0.6 is 0 Å². The molecule has 3 unspecified atom stereocenters. The smallest absolute Gasteiger partial charge is 0.160 e. The average molecular weight is 741 g/mol. The zero-order chi connectivity index (χ0) is 38.2. The number of rotatable bonds is 4. The van der Waals surface area contributed by atoms with Crippen molar-refractivity contribution in [2.45, 2.75) is 11.3 Å². The molecule has 9 aromatic rings. The maximum absolute atomic E-state index is 7.04. The minimum absolute atomic E-state index is 0.213. The minimum atomic E-state index is -0.404. The first-order chi connectivity index (χ1) is 28.7. The van der Waals surface area contributed by atoms with Gasteiger partial charge >= 0.3 is 0 Å². The normalized spacial score (nSPS) is 18.4. The van der Waals surface area contributed by atoms with Crippen molar-refractivity contribution in [3.63, 3.8) is 0 Å². The molecule has 1 spiro atoms. The lowest BCUT2D eigenvalue weighted by atomic mass is 9.61. The largest absolute Gasteiger partial charge is 0.456 e. The van der Waals surface area contributed by atoms with Crippen molar-refractivity contribution in [3.05, 3.63) is 229 Å². The number of fused-ring (bicyclic) bond motifs is 12. The van der Waals surface area contributed by atoms with Crippen LogP contribution in [-0.4, -0.2) is 9.97 Å². The molecule has 2 aliphatic carbocycles. The number of allylic oxidation sites excluding steroid dienone is 4. The highest BCUT2D eigenvalue weighted by Gasteiger charge is 2.56. The summed E-state index contributed by atoms with van der Waals surface area (Å²) in [6.45, 7) is 0. The number of nitrogens with zero attached hydrogens (tertiary/aromatic N) is 2. The molecule has 0 N–H and O–H groups in total. The summed E-state index contributed by atoms with van der Waals surface area (Å²) in [4.78, 5) is 10.4. The Kier molecular flexibility index (Phi) is 7.27. The van der Waals surface area contributed by atoms with E-state index in [2.05, 4.69) is 188 Å². The van der Waals surface area contributed by atoms with Gasteiger partial charge in [-0.3, -0.25) is 0 Å². The van der Waals surface area contributed by atoms with E-state index in [9.17, 15) is 0 Å². The first-order valence-electron chi connectivity index (χ1n) is 20.1. The Morgan fingerprint density at radius 2 is 1.12 bits per heavy atom. The summed E-state index contributed by atoms with van der Waals surface area (Å²) in [5.41, 5.74) is 11.7. The fourth-order valence-corrected chi connectivity index (χ4v) is 10.1. The maximum atomic E-state index is 7.04. The third kappa shape index (κ3) is 4.86. The van der Waals surface area contributed by atoms with Gasteiger partial charge in [0.05, 0.1) is 16.8 Å². The molecule has 0 amide bonds. The lowest BCUT2D eigenvalue weighted by Gasteiger charge is -2.43. The van der Waals surface area contributed by atoms with Gasteiger partial charge in [-0.1, -0.05) is 182 Å². The van der Waals surface area contributed by atoms with Crippen molar-refractivity contribution in [3.8, 4) is 56.5 Å². The number of hydrogen-bond donors (Lipinski definition) is 0. The molecule has 0 saturated heterocycles. The van der Waals surface area contributed by atoms with Gasteiger partial charge in [-0.05, 0) is 62.5 Å². The van der Waals surface area contributed by atoms with E-state index < -0.39 is 5.41 Å². The molecular weight excluding hydrogens is 705 g/mol.